The summed E-state index contributed by atoms with van der Waals surface area (Å²) in [7, 11) is 2.06. The molecule has 0 N–H and O–H groups in total. The summed E-state index contributed by atoms with van der Waals surface area (Å²) >= 11 is 3.56. The average Bonchev–Trinajstić information content (AvgIpc) is 2.44. The van der Waals surface area contributed by atoms with Gasteiger partial charge in [0.1, 0.15) is 5.52 Å². The van der Waals surface area contributed by atoms with E-state index in [0.717, 1.165) is 15.9 Å². The molecule has 2 nitrogen and oxygen atoms in total. The van der Waals surface area contributed by atoms with Gasteiger partial charge in [0.2, 0.25) is 0 Å². The van der Waals surface area contributed by atoms with Crippen LogP contribution in [0.1, 0.15) is 30.9 Å². The molecule has 0 aliphatic heterocycles. The van der Waals surface area contributed by atoms with Crippen LogP contribution in [0.2, 0.25) is 0 Å². The van der Waals surface area contributed by atoms with E-state index in [1.165, 1.54) is 30.3 Å². The monoisotopic (exact) mass is 264 g/mol. The summed E-state index contributed by atoms with van der Waals surface area (Å²) in [5.74, 6) is 0.731. The Hall–Kier alpha value is -0.830. The smallest absolute Gasteiger partial charge is 0.107 e. The molecule has 0 unspecified atom stereocenters. The van der Waals surface area contributed by atoms with Gasteiger partial charge in [0.25, 0.3) is 0 Å². The van der Waals surface area contributed by atoms with Crippen molar-refractivity contribution in [1.82, 2.24) is 9.78 Å². The Labute approximate surface area is 97.4 Å². The number of hydrogen-bond acceptors (Lipinski definition) is 1. The van der Waals surface area contributed by atoms with E-state index in [4.69, 9.17) is 0 Å². The van der Waals surface area contributed by atoms with Crippen molar-refractivity contribution < 1.29 is 0 Å². The molecule has 15 heavy (non-hydrogen) atoms. The van der Waals surface area contributed by atoms with Crippen molar-refractivity contribution in [1.29, 1.82) is 0 Å². The lowest BCUT2D eigenvalue weighted by molar-refractivity contribution is 0.399. The Morgan fingerprint density at radius 2 is 2.20 bits per heavy atom. The van der Waals surface area contributed by atoms with Crippen LogP contribution in [0.15, 0.2) is 22.7 Å². The first-order valence-electron chi connectivity index (χ1n) is 5.38. The second-order valence-electron chi connectivity index (χ2n) is 4.27. The number of rotatable bonds is 1. The molecule has 1 fully saturated rings. The highest BCUT2D eigenvalue weighted by molar-refractivity contribution is 9.10. The Bertz CT molecular complexity index is 512. The molecule has 0 bridgehead atoms. The van der Waals surface area contributed by atoms with Crippen molar-refractivity contribution in [2.24, 2.45) is 7.05 Å². The molecule has 1 aliphatic rings. The first-order chi connectivity index (χ1) is 7.27. The number of fused-ring (bicyclic) bond motifs is 1. The number of halogens is 1. The highest BCUT2D eigenvalue weighted by Crippen LogP contribution is 2.40. The van der Waals surface area contributed by atoms with Gasteiger partial charge < -0.3 is 0 Å². The third-order valence-corrected chi connectivity index (χ3v) is 3.99. The molecular formula is C12H13BrN2. The van der Waals surface area contributed by atoms with Gasteiger partial charge in [-0.25, -0.2) is 0 Å². The molecule has 3 heteroatoms. The van der Waals surface area contributed by atoms with Crippen LogP contribution in [0.4, 0.5) is 0 Å². The number of aromatic nitrogens is 2. The summed E-state index contributed by atoms with van der Waals surface area (Å²) in [5, 5.41) is 5.90. The fraction of sp³-hybridized carbons (Fsp3) is 0.417. The summed E-state index contributed by atoms with van der Waals surface area (Å²) in [6.07, 6.45) is 4.01. The van der Waals surface area contributed by atoms with Gasteiger partial charge in [-0.2, -0.15) is 5.10 Å². The van der Waals surface area contributed by atoms with Gasteiger partial charge in [-0.3, -0.25) is 4.68 Å². The van der Waals surface area contributed by atoms with E-state index in [9.17, 15) is 0 Å². The predicted octanol–water partition coefficient (Wildman–Crippen LogP) is 3.60. The van der Waals surface area contributed by atoms with Gasteiger partial charge in [0, 0.05) is 28.5 Å². The van der Waals surface area contributed by atoms with Crippen molar-refractivity contribution in [2.45, 2.75) is 25.2 Å². The first kappa shape index (κ1) is 9.40. The summed E-state index contributed by atoms with van der Waals surface area (Å²) in [4.78, 5) is 0. The van der Waals surface area contributed by atoms with Gasteiger partial charge in [0.05, 0.1) is 0 Å². The minimum absolute atomic E-state index is 0.731. The molecule has 2 aromatic rings. The Morgan fingerprint density at radius 3 is 2.87 bits per heavy atom. The number of aryl methyl sites for hydroxylation is 1. The Kier molecular flexibility index (Phi) is 2.09. The predicted molar refractivity (Wildman–Crippen MR) is 65.0 cm³/mol. The molecule has 0 saturated heterocycles. The van der Waals surface area contributed by atoms with Crippen LogP contribution >= 0.6 is 15.9 Å². The van der Waals surface area contributed by atoms with Crippen LogP contribution in [0.3, 0.4) is 0 Å². The maximum absolute atomic E-state index is 4.59. The Balaban J connectivity index is 2.27. The molecule has 0 spiro atoms. The van der Waals surface area contributed by atoms with E-state index in [0.29, 0.717) is 0 Å². The van der Waals surface area contributed by atoms with Gasteiger partial charge in [-0.05, 0) is 34.8 Å². The van der Waals surface area contributed by atoms with E-state index in [1.54, 1.807) is 0 Å². The molecule has 3 rings (SSSR count). The molecule has 0 radical (unpaired) electrons. The molecule has 1 aromatic heterocycles. The second kappa shape index (κ2) is 3.34. The van der Waals surface area contributed by atoms with Crippen molar-refractivity contribution in [3.05, 3.63) is 28.4 Å². The van der Waals surface area contributed by atoms with Crippen LogP contribution in [-0.2, 0) is 7.05 Å². The third kappa shape index (κ3) is 1.33. The summed E-state index contributed by atoms with van der Waals surface area (Å²) in [6, 6.07) is 6.33. The first-order valence-corrected chi connectivity index (χ1v) is 6.18. The maximum atomic E-state index is 4.59. The highest BCUT2D eigenvalue weighted by atomic mass is 79.9. The van der Waals surface area contributed by atoms with E-state index in [2.05, 4.69) is 51.0 Å². The van der Waals surface area contributed by atoms with Crippen molar-refractivity contribution in [2.75, 3.05) is 0 Å². The lowest BCUT2D eigenvalue weighted by atomic mass is 9.82. The average molecular weight is 265 g/mol. The van der Waals surface area contributed by atoms with Crippen molar-refractivity contribution in [3.8, 4) is 0 Å². The fourth-order valence-electron chi connectivity index (χ4n) is 2.37. The van der Waals surface area contributed by atoms with Crippen LogP contribution in [0.25, 0.3) is 10.9 Å². The van der Waals surface area contributed by atoms with Crippen LogP contribution < -0.4 is 0 Å². The molecule has 0 amide bonds. The van der Waals surface area contributed by atoms with Crippen LogP contribution in [-0.4, -0.2) is 9.78 Å². The standard InChI is InChI=1S/C12H13BrN2/c1-15-12(8-4-2-5-8)9-6-3-7-10(13)11(9)14-15/h3,6-8H,2,4-5H2,1H3. The lowest BCUT2D eigenvalue weighted by Crippen LogP contribution is -2.13. The van der Waals surface area contributed by atoms with E-state index >= 15 is 0 Å². The third-order valence-electron chi connectivity index (χ3n) is 3.35. The maximum Gasteiger partial charge on any atom is 0.107 e. The topological polar surface area (TPSA) is 17.8 Å². The van der Waals surface area contributed by atoms with E-state index < -0.39 is 0 Å². The fourth-order valence-corrected chi connectivity index (χ4v) is 2.81. The van der Waals surface area contributed by atoms with Gasteiger partial charge in [-0.1, -0.05) is 18.6 Å². The lowest BCUT2D eigenvalue weighted by Gasteiger charge is -2.25. The zero-order valence-corrected chi connectivity index (χ0v) is 10.3. The van der Waals surface area contributed by atoms with Gasteiger partial charge in [0.15, 0.2) is 0 Å². The zero-order valence-electron chi connectivity index (χ0n) is 8.70. The summed E-state index contributed by atoms with van der Waals surface area (Å²) < 4.78 is 3.15. The number of benzene rings is 1. The SMILES string of the molecule is Cn1nc2c(Br)cccc2c1C1CCC1. The second-order valence-corrected chi connectivity index (χ2v) is 5.13. The summed E-state index contributed by atoms with van der Waals surface area (Å²) in [6.45, 7) is 0. The van der Waals surface area contributed by atoms with E-state index in [-0.39, 0.29) is 0 Å². The largest absolute Gasteiger partial charge is 0.271 e. The zero-order chi connectivity index (χ0) is 10.4. The minimum Gasteiger partial charge on any atom is -0.271 e. The van der Waals surface area contributed by atoms with Crippen molar-refractivity contribution >= 4 is 26.8 Å². The summed E-state index contributed by atoms with van der Waals surface area (Å²) in [5.41, 5.74) is 2.51. The van der Waals surface area contributed by atoms with Gasteiger partial charge >= 0.3 is 0 Å². The molecule has 1 aliphatic carbocycles. The molecule has 1 saturated carbocycles. The van der Waals surface area contributed by atoms with Gasteiger partial charge in [-0.15, -0.1) is 0 Å². The Morgan fingerprint density at radius 1 is 1.40 bits per heavy atom. The molecule has 78 valence electrons. The highest BCUT2D eigenvalue weighted by Gasteiger charge is 2.25. The molecule has 0 atom stereocenters. The van der Waals surface area contributed by atoms with Crippen LogP contribution in [0.5, 0.6) is 0 Å². The van der Waals surface area contributed by atoms with E-state index in [1.807, 2.05) is 0 Å². The van der Waals surface area contributed by atoms with Crippen molar-refractivity contribution in [3.63, 3.8) is 0 Å². The molecule has 1 aromatic carbocycles. The quantitative estimate of drug-likeness (QED) is 0.770. The minimum atomic E-state index is 0.731. The molecular weight excluding hydrogens is 252 g/mol. The number of nitrogens with zero attached hydrogens (tertiary/aromatic N) is 2. The van der Waals surface area contributed by atoms with Crippen LogP contribution in [0, 0.1) is 0 Å². The number of hydrogen-bond donors (Lipinski definition) is 0. The molecule has 1 heterocycles. The normalized spacial score (nSPS) is 16.9.